The van der Waals surface area contributed by atoms with Crippen LogP contribution >= 0.6 is 11.3 Å². The summed E-state index contributed by atoms with van der Waals surface area (Å²) in [7, 11) is 0. The van der Waals surface area contributed by atoms with Crippen LogP contribution in [0.3, 0.4) is 0 Å². The average Bonchev–Trinajstić information content (AvgIpc) is 3.25. The summed E-state index contributed by atoms with van der Waals surface area (Å²) in [6.07, 6.45) is 6.01. The summed E-state index contributed by atoms with van der Waals surface area (Å²) in [5.41, 5.74) is 3.25. The van der Waals surface area contributed by atoms with Crippen molar-refractivity contribution in [2.45, 2.75) is 38.0 Å². The fourth-order valence-electron chi connectivity index (χ4n) is 4.71. The fourth-order valence-corrected chi connectivity index (χ4v) is 5.85. The first-order valence-electron chi connectivity index (χ1n) is 11.5. The molecule has 1 amide bonds. The number of nitrogens with zero attached hydrogens (tertiary/aromatic N) is 3. The summed E-state index contributed by atoms with van der Waals surface area (Å²) in [4.78, 5) is 22.1. The lowest BCUT2D eigenvalue weighted by Crippen LogP contribution is -2.38. The van der Waals surface area contributed by atoms with E-state index in [4.69, 9.17) is 4.98 Å². The Morgan fingerprint density at radius 2 is 1.71 bits per heavy atom. The molecular weight excluding hydrogens is 404 g/mol. The van der Waals surface area contributed by atoms with Crippen LogP contribution in [0.4, 0.5) is 11.4 Å². The number of piperidine rings is 2. The van der Waals surface area contributed by atoms with Gasteiger partial charge in [-0.3, -0.25) is 9.69 Å². The smallest absolute Gasteiger partial charge is 0.238 e. The molecule has 2 aliphatic rings. The number of amides is 1. The number of aromatic nitrogens is 1. The van der Waals surface area contributed by atoms with Crippen LogP contribution in [0.5, 0.6) is 0 Å². The third-order valence-corrected chi connectivity index (χ3v) is 7.69. The van der Waals surface area contributed by atoms with Crippen molar-refractivity contribution in [3.8, 4) is 0 Å². The Hall–Kier alpha value is -2.44. The number of carbonyl (C=O) groups excluding carboxylic acids is 1. The van der Waals surface area contributed by atoms with E-state index < -0.39 is 0 Å². The maximum Gasteiger partial charge on any atom is 0.238 e. The Bertz CT molecular complexity index is 984. The zero-order chi connectivity index (χ0) is 21.0. The van der Waals surface area contributed by atoms with E-state index >= 15 is 0 Å². The minimum atomic E-state index is 0.0733. The highest BCUT2D eigenvalue weighted by Crippen LogP contribution is 2.33. The molecule has 1 N–H and O–H groups in total. The Balaban J connectivity index is 1.10. The number of carbonyl (C=O) groups is 1. The molecule has 1 aromatic heterocycles. The molecule has 0 aliphatic carbocycles. The molecule has 2 aliphatic heterocycles. The number of fused-ring (bicyclic) bond motifs is 1. The molecule has 2 fully saturated rings. The molecule has 0 unspecified atom stereocenters. The number of para-hydroxylation sites is 1. The number of nitrogens with one attached hydrogen (secondary N) is 1. The van der Waals surface area contributed by atoms with E-state index in [0.29, 0.717) is 12.5 Å². The molecular formula is C25H30N4OS. The molecule has 0 saturated carbocycles. The van der Waals surface area contributed by atoms with Gasteiger partial charge in [-0.2, -0.15) is 0 Å². The van der Waals surface area contributed by atoms with Crippen molar-refractivity contribution in [3.05, 3.63) is 53.5 Å². The SMILES string of the molecule is O=C(CN1CCC(c2nc3ccccc3s2)CC1)Nc1ccc(N2CCCCC2)cc1. The number of hydrogen-bond acceptors (Lipinski definition) is 5. The van der Waals surface area contributed by atoms with Gasteiger partial charge in [-0.05, 0) is 81.6 Å². The van der Waals surface area contributed by atoms with E-state index in [-0.39, 0.29) is 5.91 Å². The first kappa shape index (κ1) is 20.5. The van der Waals surface area contributed by atoms with Crippen LogP contribution in [0.15, 0.2) is 48.5 Å². The van der Waals surface area contributed by atoms with Crippen molar-refractivity contribution < 1.29 is 4.79 Å². The van der Waals surface area contributed by atoms with Gasteiger partial charge in [0.1, 0.15) is 0 Å². The van der Waals surface area contributed by atoms with Crippen molar-refractivity contribution >= 4 is 38.8 Å². The van der Waals surface area contributed by atoms with E-state index in [0.717, 1.165) is 50.2 Å². The van der Waals surface area contributed by atoms with Crippen LogP contribution in [-0.4, -0.2) is 48.5 Å². The van der Waals surface area contributed by atoms with Crippen LogP contribution < -0.4 is 10.2 Å². The highest BCUT2D eigenvalue weighted by molar-refractivity contribution is 7.18. The predicted octanol–water partition coefficient (Wildman–Crippen LogP) is 5.10. The predicted molar refractivity (Wildman–Crippen MR) is 129 cm³/mol. The summed E-state index contributed by atoms with van der Waals surface area (Å²) < 4.78 is 1.27. The highest BCUT2D eigenvalue weighted by Gasteiger charge is 2.24. The number of thiazole rings is 1. The van der Waals surface area contributed by atoms with Gasteiger partial charge >= 0.3 is 0 Å². The van der Waals surface area contributed by atoms with Crippen LogP contribution in [0.2, 0.25) is 0 Å². The number of benzene rings is 2. The zero-order valence-corrected chi connectivity index (χ0v) is 18.7. The van der Waals surface area contributed by atoms with Crippen molar-refractivity contribution in [3.63, 3.8) is 0 Å². The summed E-state index contributed by atoms with van der Waals surface area (Å²) in [5, 5.41) is 4.32. The quantitative estimate of drug-likeness (QED) is 0.607. The Kier molecular flexibility index (Phi) is 6.18. The van der Waals surface area contributed by atoms with E-state index in [2.05, 4.69) is 45.4 Å². The van der Waals surface area contributed by atoms with Gasteiger partial charge in [0.15, 0.2) is 0 Å². The monoisotopic (exact) mass is 434 g/mol. The first-order valence-corrected chi connectivity index (χ1v) is 12.3. The molecule has 162 valence electrons. The van der Waals surface area contributed by atoms with E-state index in [1.807, 2.05) is 29.5 Å². The minimum Gasteiger partial charge on any atom is -0.372 e. The van der Waals surface area contributed by atoms with Crippen LogP contribution in [0.1, 0.15) is 43.0 Å². The summed E-state index contributed by atoms with van der Waals surface area (Å²) in [6.45, 7) is 4.63. The zero-order valence-electron chi connectivity index (χ0n) is 17.9. The normalized spacial score (nSPS) is 18.4. The van der Waals surface area contributed by atoms with E-state index in [1.165, 1.54) is 34.7 Å². The molecule has 0 bridgehead atoms. The first-order chi connectivity index (χ1) is 15.2. The molecule has 5 nitrogen and oxygen atoms in total. The molecule has 2 aromatic carbocycles. The largest absolute Gasteiger partial charge is 0.372 e. The van der Waals surface area contributed by atoms with Crippen LogP contribution in [-0.2, 0) is 4.79 Å². The van der Waals surface area contributed by atoms with Gasteiger partial charge in [-0.25, -0.2) is 4.98 Å². The van der Waals surface area contributed by atoms with Crippen LogP contribution in [0.25, 0.3) is 10.2 Å². The maximum atomic E-state index is 12.6. The van der Waals surface area contributed by atoms with Gasteiger partial charge < -0.3 is 10.2 Å². The van der Waals surface area contributed by atoms with E-state index in [1.54, 1.807) is 0 Å². The molecule has 31 heavy (non-hydrogen) atoms. The Morgan fingerprint density at radius 3 is 2.45 bits per heavy atom. The number of hydrogen-bond donors (Lipinski definition) is 1. The Morgan fingerprint density at radius 1 is 0.968 bits per heavy atom. The summed E-state index contributed by atoms with van der Waals surface area (Å²) in [5.74, 6) is 0.586. The van der Waals surface area contributed by atoms with Gasteiger partial charge in [-0.1, -0.05) is 12.1 Å². The van der Waals surface area contributed by atoms with Gasteiger partial charge in [0.2, 0.25) is 5.91 Å². The van der Waals surface area contributed by atoms with Crippen molar-refractivity contribution in [1.29, 1.82) is 0 Å². The lowest BCUT2D eigenvalue weighted by atomic mass is 9.97. The Labute approximate surface area is 188 Å². The van der Waals surface area contributed by atoms with Gasteiger partial charge in [0.25, 0.3) is 0 Å². The molecule has 2 saturated heterocycles. The number of anilines is 2. The third-order valence-electron chi connectivity index (χ3n) is 6.49. The molecule has 3 heterocycles. The topological polar surface area (TPSA) is 48.5 Å². The van der Waals surface area contributed by atoms with Crippen molar-refractivity contribution in [1.82, 2.24) is 9.88 Å². The summed E-state index contributed by atoms with van der Waals surface area (Å²) >= 11 is 1.82. The molecule has 0 radical (unpaired) electrons. The number of likely N-dealkylation sites (tertiary alicyclic amines) is 1. The standard InChI is InChI=1S/C25H30N4OS/c30-24(26-20-8-10-21(11-9-20)29-14-4-1-5-15-29)18-28-16-12-19(13-17-28)25-27-22-6-2-3-7-23(22)31-25/h2-3,6-11,19H,1,4-5,12-18H2,(H,26,30). The maximum absolute atomic E-state index is 12.6. The van der Waals surface area contributed by atoms with Crippen molar-refractivity contribution in [2.24, 2.45) is 0 Å². The van der Waals surface area contributed by atoms with Crippen molar-refractivity contribution in [2.75, 3.05) is 42.9 Å². The number of rotatable bonds is 5. The molecule has 3 aromatic rings. The van der Waals surface area contributed by atoms with Gasteiger partial charge in [-0.15, -0.1) is 11.3 Å². The summed E-state index contributed by atoms with van der Waals surface area (Å²) in [6, 6.07) is 16.7. The molecule has 0 atom stereocenters. The highest BCUT2D eigenvalue weighted by atomic mass is 32.1. The van der Waals surface area contributed by atoms with E-state index in [9.17, 15) is 4.79 Å². The third kappa shape index (κ3) is 4.91. The van der Waals surface area contributed by atoms with Gasteiger partial charge in [0, 0.05) is 30.4 Å². The molecule has 6 heteroatoms. The molecule has 5 rings (SSSR count). The second-order valence-corrected chi connectivity index (χ2v) is 9.78. The fraction of sp³-hybridized carbons (Fsp3) is 0.440. The van der Waals surface area contributed by atoms with Crippen LogP contribution in [0, 0.1) is 0 Å². The lowest BCUT2D eigenvalue weighted by molar-refractivity contribution is -0.117. The molecule has 0 spiro atoms. The second-order valence-electron chi connectivity index (χ2n) is 8.71. The van der Waals surface area contributed by atoms with Gasteiger partial charge in [0.05, 0.1) is 21.8 Å². The minimum absolute atomic E-state index is 0.0733. The second kappa shape index (κ2) is 9.37. The average molecular weight is 435 g/mol. The lowest BCUT2D eigenvalue weighted by Gasteiger charge is -2.30.